The van der Waals surface area contributed by atoms with Crippen LogP contribution in [0.25, 0.3) is 6.08 Å². The van der Waals surface area contributed by atoms with Crippen molar-refractivity contribution < 1.29 is 14.4 Å². The van der Waals surface area contributed by atoms with Gasteiger partial charge in [0.25, 0.3) is 11.8 Å². The molecule has 44 heavy (non-hydrogen) atoms. The quantitative estimate of drug-likeness (QED) is 0.109. The fraction of sp³-hybridized carbons (Fsp3) is 0.0833. The molecule has 0 saturated heterocycles. The molecule has 1 heterocycles. The zero-order valence-corrected chi connectivity index (χ0v) is 25.9. The maximum absolute atomic E-state index is 13.7. The van der Waals surface area contributed by atoms with Crippen molar-refractivity contribution in [3.05, 3.63) is 153 Å². The Morgan fingerprint density at radius 2 is 1.43 bits per heavy atom. The van der Waals surface area contributed by atoms with Gasteiger partial charge in [-0.2, -0.15) is 0 Å². The zero-order valence-electron chi connectivity index (χ0n) is 24.2. The van der Waals surface area contributed by atoms with E-state index in [1.807, 2.05) is 104 Å². The largest absolute Gasteiger partial charge is 0.324 e. The van der Waals surface area contributed by atoms with Crippen LogP contribution >= 0.6 is 23.1 Å². The molecular weight excluding hydrogens is 587 g/mol. The van der Waals surface area contributed by atoms with Gasteiger partial charge in [-0.05, 0) is 78.4 Å². The van der Waals surface area contributed by atoms with Crippen molar-refractivity contribution in [2.24, 2.45) is 0 Å². The normalized spacial score (nSPS) is 11.8. The number of aryl methyl sites for hydroxylation is 2. The summed E-state index contributed by atoms with van der Waals surface area (Å²) in [5.41, 5.74) is 4.75. The number of para-hydroxylation sites is 1. The van der Waals surface area contributed by atoms with E-state index in [9.17, 15) is 14.4 Å². The molecule has 3 N–H and O–H groups in total. The fourth-order valence-corrected chi connectivity index (χ4v) is 6.28. The molecule has 0 bridgehead atoms. The molecule has 0 saturated carbocycles. The Bertz CT molecular complexity index is 1770. The molecule has 6 nitrogen and oxygen atoms in total. The lowest BCUT2D eigenvalue weighted by molar-refractivity contribution is -0.116. The van der Waals surface area contributed by atoms with E-state index in [1.54, 1.807) is 36.4 Å². The van der Waals surface area contributed by atoms with Crippen molar-refractivity contribution in [2.45, 2.75) is 24.0 Å². The average molecular weight is 618 g/mol. The van der Waals surface area contributed by atoms with E-state index in [1.165, 1.54) is 23.1 Å². The predicted octanol–water partition coefficient (Wildman–Crippen LogP) is 8.25. The maximum atomic E-state index is 13.7. The van der Waals surface area contributed by atoms with Crippen molar-refractivity contribution in [1.82, 2.24) is 5.32 Å². The van der Waals surface area contributed by atoms with Crippen molar-refractivity contribution in [1.29, 1.82) is 0 Å². The molecule has 0 aliphatic heterocycles. The number of amides is 3. The summed E-state index contributed by atoms with van der Waals surface area (Å²) < 4.78 is 0. The zero-order chi connectivity index (χ0) is 30.9. The Morgan fingerprint density at radius 3 is 2.11 bits per heavy atom. The van der Waals surface area contributed by atoms with Crippen LogP contribution in [-0.4, -0.2) is 17.7 Å². The Hall–Kier alpha value is -4.92. The molecule has 1 unspecified atom stereocenters. The monoisotopic (exact) mass is 617 g/mol. The van der Waals surface area contributed by atoms with Gasteiger partial charge in [-0.3, -0.25) is 14.4 Å². The molecule has 5 aromatic rings. The van der Waals surface area contributed by atoms with Crippen LogP contribution in [0.1, 0.15) is 37.2 Å². The van der Waals surface area contributed by atoms with Crippen LogP contribution in [-0.2, 0) is 9.59 Å². The first-order valence-electron chi connectivity index (χ1n) is 14.0. The average Bonchev–Trinajstić information content (AvgIpc) is 3.55. The van der Waals surface area contributed by atoms with E-state index in [2.05, 4.69) is 16.0 Å². The third-order valence-electron chi connectivity index (χ3n) is 6.77. The number of thiophene rings is 1. The number of thioether (sulfide) groups is 1. The van der Waals surface area contributed by atoms with Crippen LogP contribution in [0.5, 0.6) is 0 Å². The molecule has 220 valence electrons. The summed E-state index contributed by atoms with van der Waals surface area (Å²) in [6.07, 6.45) is 1.66. The molecule has 1 atom stereocenters. The predicted molar refractivity (Wildman–Crippen MR) is 181 cm³/mol. The Morgan fingerprint density at radius 1 is 0.750 bits per heavy atom. The van der Waals surface area contributed by atoms with Gasteiger partial charge in [-0.15, -0.1) is 23.1 Å². The summed E-state index contributed by atoms with van der Waals surface area (Å²) in [7, 11) is 0. The highest BCUT2D eigenvalue weighted by Gasteiger charge is 2.24. The first-order chi connectivity index (χ1) is 21.4. The number of carbonyl (C=O) groups is 3. The SMILES string of the molecule is Cc1cccc(C)c1NC(=O)C(Sc1cccc(NC(=O)/C(=C/c2cccs2)NC(=O)c2ccccc2)c1)c1ccccc1. The minimum Gasteiger partial charge on any atom is -0.324 e. The number of carbonyl (C=O) groups excluding carboxylic acids is 3. The third kappa shape index (κ3) is 7.92. The van der Waals surface area contributed by atoms with E-state index < -0.39 is 11.2 Å². The van der Waals surface area contributed by atoms with Crippen molar-refractivity contribution in [3.63, 3.8) is 0 Å². The van der Waals surface area contributed by atoms with Gasteiger partial charge >= 0.3 is 0 Å². The molecule has 0 aliphatic rings. The summed E-state index contributed by atoms with van der Waals surface area (Å²) in [6, 6.07) is 35.4. The summed E-state index contributed by atoms with van der Waals surface area (Å²) in [5.74, 6) is -0.983. The standard InChI is InChI=1S/C36H31N3O3S2/c1-24-12-9-13-25(2)32(24)39-36(42)33(26-14-5-3-6-15-26)44-30-19-10-18-28(22-30)37-35(41)31(23-29-20-11-21-43-29)38-34(40)27-16-7-4-8-17-27/h3-23,33H,1-2H3,(H,37,41)(H,38,40)(H,39,42)/b31-23-. The van der Waals surface area contributed by atoms with E-state index in [-0.39, 0.29) is 17.5 Å². The number of anilines is 2. The molecule has 1 aromatic heterocycles. The lowest BCUT2D eigenvalue weighted by atomic mass is 10.1. The van der Waals surface area contributed by atoms with E-state index >= 15 is 0 Å². The van der Waals surface area contributed by atoms with Gasteiger partial charge < -0.3 is 16.0 Å². The molecule has 0 radical (unpaired) electrons. The minimum absolute atomic E-state index is 0.120. The van der Waals surface area contributed by atoms with Gasteiger partial charge in [0.1, 0.15) is 10.9 Å². The van der Waals surface area contributed by atoms with Crippen LogP contribution in [0.15, 0.2) is 131 Å². The molecular formula is C36H31N3O3S2. The summed E-state index contributed by atoms with van der Waals surface area (Å²) in [4.78, 5) is 41.7. The molecule has 0 fully saturated rings. The fourth-order valence-electron chi connectivity index (χ4n) is 4.54. The number of rotatable bonds is 10. The highest BCUT2D eigenvalue weighted by atomic mass is 32.2. The Kier molecular flexibility index (Phi) is 10.1. The van der Waals surface area contributed by atoms with Crippen LogP contribution in [0.3, 0.4) is 0 Å². The number of hydrogen-bond acceptors (Lipinski definition) is 5. The molecule has 3 amide bonds. The molecule has 0 spiro atoms. The van der Waals surface area contributed by atoms with Crippen molar-refractivity contribution in [3.8, 4) is 0 Å². The second-order valence-corrected chi connectivity index (χ2v) is 12.2. The van der Waals surface area contributed by atoms with Gasteiger partial charge in [-0.25, -0.2) is 0 Å². The highest BCUT2D eigenvalue weighted by Crippen LogP contribution is 2.37. The molecule has 8 heteroatoms. The van der Waals surface area contributed by atoms with Crippen molar-refractivity contribution in [2.75, 3.05) is 10.6 Å². The van der Waals surface area contributed by atoms with Gasteiger partial charge in [0.15, 0.2) is 0 Å². The third-order valence-corrected chi connectivity index (χ3v) is 8.84. The minimum atomic E-state index is -0.541. The molecule has 4 aromatic carbocycles. The van der Waals surface area contributed by atoms with Crippen molar-refractivity contribution >= 4 is 58.3 Å². The smallest absolute Gasteiger partial charge is 0.272 e. The Balaban J connectivity index is 1.37. The maximum Gasteiger partial charge on any atom is 0.272 e. The van der Waals surface area contributed by atoms with Gasteiger partial charge in [0.2, 0.25) is 5.91 Å². The van der Waals surface area contributed by atoms with Gasteiger partial charge in [0, 0.05) is 26.7 Å². The number of nitrogens with one attached hydrogen (secondary N) is 3. The summed E-state index contributed by atoms with van der Waals surface area (Å²) >= 11 is 2.86. The highest BCUT2D eigenvalue weighted by molar-refractivity contribution is 8.00. The van der Waals surface area contributed by atoms with Gasteiger partial charge in [0.05, 0.1) is 0 Å². The van der Waals surface area contributed by atoms with E-state index in [4.69, 9.17) is 0 Å². The molecule has 0 aliphatic carbocycles. The van der Waals surface area contributed by atoms with E-state index in [0.717, 1.165) is 32.2 Å². The summed E-state index contributed by atoms with van der Waals surface area (Å²) in [6.45, 7) is 3.95. The topological polar surface area (TPSA) is 87.3 Å². The van der Waals surface area contributed by atoms with Crippen LogP contribution in [0, 0.1) is 13.8 Å². The second-order valence-electron chi connectivity index (χ2n) is 10.0. The summed E-state index contributed by atoms with van der Waals surface area (Å²) in [5, 5.41) is 10.2. The number of hydrogen-bond donors (Lipinski definition) is 3. The van der Waals surface area contributed by atoms with E-state index in [0.29, 0.717) is 11.3 Å². The lowest BCUT2D eigenvalue weighted by Crippen LogP contribution is -2.30. The first-order valence-corrected chi connectivity index (χ1v) is 15.7. The lowest BCUT2D eigenvalue weighted by Gasteiger charge is -2.19. The Labute approximate surface area is 265 Å². The van der Waals surface area contributed by atoms with Crippen LogP contribution in [0.4, 0.5) is 11.4 Å². The number of benzene rings is 4. The molecule has 5 rings (SSSR count). The van der Waals surface area contributed by atoms with Crippen LogP contribution in [0.2, 0.25) is 0 Å². The second kappa shape index (κ2) is 14.5. The van der Waals surface area contributed by atoms with Gasteiger partial charge in [-0.1, -0.05) is 78.9 Å². The van der Waals surface area contributed by atoms with Crippen LogP contribution < -0.4 is 16.0 Å². The first kappa shape index (κ1) is 30.5.